The van der Waals surface area contributed by atoms with Crippen molar-refractivity contribution in [1.82, 2.24) is 4.98 Å². The van der Waals surface area contributed by atoms with Gasteiger partial charge in [0.25, 0.3) is 0 Å². The van der Waals surface area contributed by atoms with Crippen molar-refractivity contribution >= 4 is 17.7 Å². The van der Waals surface area contributed by atoms with Crippen LogP contribution in [-0.4, -0.2) is 16.1 Å². The highest BCUT2D eigenvalue weighted by Crippen LogP contribution is 2.32. The van der Waals surface area contributed by atoms with Gasteiger partial charge in [-0.2, -0.15) is 0 Å². The minimum Gasteiger partial charge on any atom is -0.478 e. The first-order valence-corrected chi connectivity index (χ1v) is 7.64. The second-order valence-corrected chi connectivity index (χ2v) is 6.08. The molecule has 1 N–H and O–H groups in total. The smallest absolute Gasteiger partial charge is 0.338 e. The number of hydrogen-bond donors (Lipinski definition) is 1. The van der Waals surface area contributed by atoms with Crippen LogP contribution in [0.2, 0.25) is 0 Å². The van der Waals surface area contributed by atoms with Crippen molar-refractivity contribution in [3.8, 4) is 0 Å². The number of carboxylic acids is 1. The van der Waals surface area contributed by atoms with Crippen molar-refractivity contribution in [2.75, 3.05) is 0 Å². The molecule has 0 amide bonds. The summed E-state index contributed by atoms with van der Waals surface area (Å²) < 4.78 is 12.9. The number of pyridine rings is 1. The molecule has 0 bridgehead atoms. The Morgan fingerprint density at radius 1 is 1.19 bits per heavy atom. The van der Waals surface area contributed by atoms with Crippen LogP contribution in [0.3, 0.4) is 0 Å². The Balaban J connectivity index is 1.99. The second-order valence-electron chi connectivity index (χ2n) is 5.02. The largest absolute Gasteiger partial charge is 0.478 e. The standard InChI is InChI=1S/C16H14FNO2S/c17-11-5-7-12(8-6-11)21-15-13(16(19)20)9-10-3-1-2-4-14(10)18-15/h5-9H,1-4H2,(H,19,20). The summed E-state index contributed by atoms with van der Waals surface area (Å²) in [6.45, 7) is 0. The average molecular weight is 303 g/mol. The van der Waals surface area contributed by atoms with E-state index in [9.17, 15) is 14.3 Å². The van der Waals surface area contributed by atoms with E-state index in [1.807, 2.05) is 0 Å². The molecule has 5 heteroatoms. The number of fused-ring (bicyclic) bond motifs is 1. The summed E-state index contributed by atoms with van der Waals surface area (Å²) in [5.74, 6) is -1.28. The number of aryl methyl sites for hydroxylation is 2. The highest BCUT2D eigenvalue weighted by molar-refractivity contribution is 7.99. The summed E-state index contributed by atoms with van der Waals surface area (Å²) in [5, 5.41) is 9.86. The van der Waals surface area contributed by atoms with Crippen LogP contribution in [0.4, 0.5) is 4.39 Å². The molecule has 1 aromatic carbocycles. The van der Waals surface area contributed by atoms with Gasteiger partial charge in [0.15, 0.2) is 0 Å². The van der Waals surface area contributed by atoms with Crippen LogP contribution in [0.25, 0.3) is 0 Å². The molecule has 3 rings (SSSR count). The number of carbonyl (C=O) groups is 1. The molecule has 1 aliphatic carbocycles. The minimum atomic E-state index is -0.972. The summed E-state index contributed by atoms with van der Waals surface area (Å²) in [7, 11) is 0. The molecule has 1 heterocycles. The highest BCUT2D eigenvalue weighted by atomic mass is 32.2. The van der Waals surface area contributed by atoms with Crippen molar-refractivity contribution in [3.63, 3.8) is 0 Å². The molecule has 3 nitrogen and oxygen atoms in total. The van der Waals surface area contributed by atoms with Gasteiger partial charge in [0.05, 0.1) is 5.56 Å². The van der Waals surface area contributed by atoms with Crippen molar-refractivity contribution in [1.29, 1.82) is 0 Å². The Bertz CT molecular complexity index is 685. The number of halogens is 1. The van der Waals surface area contributed by atoms with Gasteiger partial charge >= 0.3 is 5.97 Å². The summed E-state index contributed by atoms with van der Waals surface area (Å²) in [6.07, 6.45) is 3.96. The third kappa shape index (κ3) is 3.08. The highest BCUT2D eigenvalue weighted by Gasteiger charge is 2.19. The lowest BCUT2D eigenvalue weighted by atomic mass is 9.95. The van der Waals surface area contributed by atoms with Gasteiger partial charge < -0.3 is 5.11 Å². The van der Waals surface area contributed by atoms with Gasteiger partial charge in [-0.3, -0.25) is 0 Å². The van der Waals surface area contributed by atoms with Crippen molar-refractivity contribution in [2.45, 2.75) is 35.6 Å². The van der Waals surface area contributed by atoms with Crippen LogP contribution >= 0.6 is 11.8 Å². The fourth-order valence-electron chi connectivity index (χ4n) is 2.46. The summed E-state index contributed by atoms with van der Waals surface area (Å²) in [6, 6.07) is 7.73. The third-order valence-corrected chi connectivity index (χ3v) is 4.54. The van der Waals surface area contributed by atoms with Crippen molar-refractivity contribution < 1.29 is 14.3 Å². The topological polar surface area (TPSA) is 50.2 Å². The molecule has 1 aromatic heterocycles. The zero-order chi connectivity index (χ0) is 14.8. The zero-order valence-corrected chi connectivity index (χ0v) is 12.1. The molecule has 108 valence electrons. The van der Waals surface area contributed by atoms with Crippen LogP contribution in [0.5, 0.6) is 0 Å². The van der Waals surface area contributed by atoms with Gasteiger partial charge in [0.1, 0.15) is 10.8 Å². The van der Waals surface area contributed by atoms with Gasteiger partial charge in [-0.05, 0) is 61.6 Å². The Hall–Kier alpha value is -1.88. The number of hydrogen-bond acceptors (Lipinski definition) is 3. The molecular weight excluding hydrogens is 289 g/mol. The van der Waals surface area contributed by atoms with Gasteiger partial charge in [-0.1, -0.05) is 11.8 Å². The van der Waals surface area contributed by atoms with Gasteiger partial charge in [0.2, 0.25) is 0 Å². The summed E-state index contributed by atoms with van der Waals surface area (Å²) in [4.78, 5) is 16.8. The average Bonchev–Trinajstić information content (AvgIpc) is 2.48. The zero-order valence-electron chi connectivity index (χ0n) is 11.3. The lowest BCUT2D eigenvalue weighted by Gasteiger charge is -2.17. The SMILES string of the molecule is O=C(O)c1cc2c(nc1Sc1ccc(F)cc1)CCCC2. The molecule has 0 atom stereocenters. The number of aromatic carboxylic acids is 1. The van der Waals surface area contributed by atoms with E-state index in [0.29, 0.717) is 5.03 Å². The molecule has 0 spiro atoms. The van der Waals surface area contributed by atoms with E-state index < -0.39 is 5.97 Å². The lowest BCUT2D eigenvalue weighted by molar-refractivity contribution is 0.0692. The Kier molecular flexibility index (Phi) is 3.92. The maximum atomic E-state index is 12.9. The van der Waals surface area contributed by atoms with Crippen LogP contribution < -0.4 is 0 Å². The van der Waals surface area contributed by atoms with Crippen molar-refractivity contribution in [2.24, 2.45) is 0 Å². The molecule has 2 aromatic rings. The molecule has 0 unspecified atom stereocenters. The molecule has 0 saturated carbocycles. The first-order valence-electron chi connectivity index (χ1n) is 6.83. The maximum absolute atomic E-state index is 12.9. The summed E-state index contributed by atoms with van der Waals surface area (Å²) >= 11 is 1.27. The van der Waals surface area contributed by atoms with E-state index in [1.54, 1.807) is 18.2 Å². The molecule has 21 heavy (non-hydrogen) atoms. The van der Waals surface area contributed by atoms with Gasteiger partial charge in [0, 0.05) is 10.6 Å². The Labute approximate surface area is 126 Å². The number of rotatable bonds is 3. The number of carboxylic acid groups (broad SMARTS) is 1. The monoisotopic (exact) mass is 303 g/mol. The third-order valence-electron chi connectivity index (χ3n) is 3.52. The van der Waals surface area contributed by atoms with E-state index in [4.69, 9.17) is 0 Å². The number of benzene rings is 1. The molecule has 0 aliphatic heterocycles. The van der Waals surface area contributed by atoms with Gasteiger partial charge in [-0.15, -0.1) is 0 Å². The predicted octanol–water partition coefficient (Wildman–Crippen LogP) is 3.95. The fourth-order valence-corrected chi connectivity index (χ4v) is 3.37. The van der Waals surface area contributed by atoms with E-state index in [0.717, 1.165) is 41.8 Å². The van der Waals surface area contributed by atoms with Crippen LogP contribution in [0.1, 0.15) is 34.5 Å². The van der Waals surface area contributed by atoms with Gasteiger partial charge in [-0.25, -0.2) is 14.2 Å². The van der Waals surface area contributed by atoms with Crippen molar-refractivity contribution in [3.05, 3.63) is 53.0 Å². The lowest BCUT2D eigenvalue weighted by Crippen LogP contribution is -2.10. The molecule has 1 aliphatic rings. The second kappa shape index (κ2) is 5.85. The fraction of sp³-hybridized carbons (Fsp3) is 0.250. The van der Waals surface area contributed by atoms with E-state index in [-0.39, 0.29) is 11.4 Å². The first kappa shape index (κ1) is 14.1. The van der Waals surface area contributed by atoms with E-state index in [2.05, 4.69) is 4.98 Å². The Morgan fingerprint density at radius 3 is 2.62 bits per heavy atom. The van der Waals surface area contributed by atoms with Crippen LogP contribution in [0, 0.1) is 5.82 Å². The number of aromatic nitrogens is 1. The normalized spacial score (nSPS) is 13.8. The predicted molar refractivity (Wildman–Crippen MR) is 78.4 cm³/mol. The molecular formula is C16H14FNO2S. The minimum absolute atomic E-state index is 0.227. The number of nitrogens with zero attached hydrogens (tertiary/aromatic N) is 1. The van der Waals surface area contributed by atoms with Crippen LogP contribution in [0.15, 0.2) is 40.3 Å². The first-order chi connectivity index (χ1) is 10.1. The molecule has 0 fully saturated rings. The quantitative estimate of drug-likeness (QED) is 0.933. The Morgan fingerprint density at radius 2 is 1.90 bits per heavy atom. The van der Waals surface area contributed by atoms with E-state index in [1.165, 1.54) is 23.9 Å². The van der Waals surface area contributed by atoms with E-state index >= 15 is 0 Å². The molecule has 0 saturated heterocycles. The molecule has 0 radical (unpaired) electrons. The van der Waals surface area contributed by atoms with Crippen LogP contribution in [-0.2, 0) is 12.8 Å². The summed E-state index contributed by atoms with van der Waals surface area (Å²) in [5.41, 5.74) is 2.27. The maximum Gasteiger partial charge on any atom is 0.338 e.